The molecule has 1 aliphatic heterocycles. The van der Waals surface area contributed by atoms with Crippen LogP contribution in [0.5, 0.6) is 11.5 Å². The Bertz CT molecular complexity index is 1710. The van der Waals surface area contributed by atoms with Crippen molar-refractivity contribution in [1.29, 1.82) is 0 Å². The highest BCUT2D eigenvalue weighted by Gasteiger charge is 2.27. The molecule has 1 heterocycles. The summed E-state index contributed by atoms with van der Waals surface area (Å²) in [5.41, 5.74) is 8.12. The number of nitrogens with one attached hydrogen (secondary N) is 1. The van der Waals surface area contributed by atoms with Gasteiger partial charge in [0.05, 0.1) is 35.2 Å². The predicted octanol–water partition coefficient (Wildman–Crippen LogP) is 5.87. The Balaban J connectivity index is 1.54. The Kier molecular flexibility index (Phi) is 12.1. The minimum atomic E-state index is -4.20. The number of anilines is 3. The van der Waals surface area contributed by atoms with Crippen LogP contribution in [0.4, 0.5) is 26.2 Å². The first-order valence-electron chi connectivity index (χ1n) is 15.0. The first kappa shape index (κ1) is 35.5. The van der Waals surface area contributed by atoms with Crippen LogP contribution in [-0.4, -0.2) is 70.5 Å². The van der Waals surface area contributed by atoms with Gasteiger partial charge < -0.3 is 24.8 Å². The number of esters is 1. The number of benzene rings is 3. The van der Waals surface area contributed by atoms with Gasteiger partial charge in [0.25, 0.3) is 0 Å². The van der Waals surface area contributed by atoms with Crippen molar-refractivity contribution in [3.63, 3.8) is 0 Å². The number of nitrogens with zero attached hydrogens (tertiary/aromatic N) is 2. The fourth-order valence-electron chi connectivity index (χ4n) is 4.94. The smallest absolute Gasteiger partial charge is 0.417 e. The fourth-order valence-corrected chi connectivity index (χ4v) is 6.44. The number of ether oxygens (including phenoxy) is 3. The highest BCUT2D eigenvalue weighted by Crippen LogP contribution is 2.33. The van der Waals surface area contributed by atoms with E-state index in [1.165, 1.54) is 18.2 Å². The van der Waals surface area contributed by atoms with Crippen LogP contribution < -0.4 is 24.8 Å². The molecule has 0 aliphatic carbocycles. The summed E-state index contributed by atoms with van der Waals surface area (Å²) in [5.74, 6) is -1.64. The Labute approximate surface area is 279 Å². The molecule has 4 rings (SSSR count). The number of halogens is 2. The second kappa shape index (κ2) is 16.0. The standard InChI is InChI=1S/C33H38ClFN4O7S/c1-4-44-31(40)21-47(42,43)39(25-10-14-30(28(34)20-25)45-27-15-18-38(3)19-16-27)17-5-6-23-7-13-29(36)32(22(23)2)37-33(41)46-26-11-8-24(35)9-12-26/h5-14,20,27H,4,15-19,21,36H2,1-3H3,(H,37,41). The maximum Gasteiger partial charge on any atom is 0.417 e. The maximum absolute atomic E-state index is 13.5. The van der Waals surface area contributed by atoms with E-state index in [0.29, 0.717) is 16.9 Å². The van der Waals surface area contributed by atoms with Gasteiger partial charge in [-0.25, -0.2) is 17.6 Å². The Morgan fingerprint density at radius 2 is 1.83 bits per heavy atom. The van der Waals surface area contributed by atoms with Gasteiger partial charge in [0, 0.05) is 13.1 Å². The molecule has 0 unspecified atom stereocenters. The molecule has 1 fully saturated rings. The Morgan fingerprint density at radius 3 is 2.49 bits per heavy atom. The van der Waals surface area contributed by atoms with E-state index in [-0.39, 0.29) is 47.1 Å². The van der Waals surface area contributed by atoms with E-state index in [2.05, 4.69) is 17.3 Å². The average Bonchev–Trinajstić information content (AvgIpc) is 3.01. The Morgan fingerprint density at radius 1 is 1.13 bits per heavy atom. The molecule has 0 radical (unpaired) electrons. The van der Waals surface area contributed by atoms with E-state index < -0.39 is 33.7 Å². The van der Waals surface area contributed by atoms with Crippen LogP contribution in [-0.2, 0) is 19.6 Å². The lowest BCUT2D eigenvalue weighted by atomic mass is 10.0. The summed E-state index contributed by atoms with van der Waals surface area (Å²) in [5, 5.41) is 2.84. The van der Waals surface area contributed by atoms with Gasteiger partial charge in [-0.1, -0.05) is 29.8 Å². The molecule has 3 N–H and O–H groups in total. The zero-order chi connectivity index (χ0) is 34.1. The SMILES string of the molecule is CCOC(=O)CS(=O)(=O)N(CC=Cc1ccc(N)c(NC(=O)Oc2ccc(F)cc2)c1C)c1ccc(OC2CCN(C)CC2)c(Cl)c1. The fraction of sp³-hybridized carbons (Fsp3) is 0.333. The molecule has 1 amide bonds. The van der Waals surface area contributed by atoms with E-state index in [1.54, 1.807) is 50.3 Å². The van der Waals surface area contributed by atoms with E-state index in [4.69, 9.17) is 31.5 Å². The summed E-state index contributed by atoms with van der Waals surface area (Å²) < 4.78 is 57.4. The van der Waals surface area contributed by atoms with E-state index >= 15 is 0 Å². The van der Waals surface area contributed by atoms with Gasteiger partial charge in [0.15, 0.2) is 5.75 Å². The lowest BCUT2D eigenvalue weighted by molar-refractivity contribution is -0.139. The molecule has 47 heavy (non-hydrogen) atoms. The number of nitrogens with two attached hydrogens (primary N) is 1. The van der Waals surface area contributed by atoms with Gasteiger partial charge in [-0.3, -0.25) is 14.4 Å². The third-order valence-electron chi connectivity index (χ3n) is 7.46. The van der Waals surface area contributed by atoms with Crippen molar-refractivity contribution in [2.45, 2.75) is 32.8 Å². The van der Waals surface area contributed by atoms with Gasteiger partial charge in [-0.05, 0) is 93.4 Å². The van der Waals surface area contributed by atoms with Crippen molar-refractivity contribution in [3.8, 4) is 11.5 Å². The number of rotatable bonds is 12. The molecule has 3 aromatic carbocycles. The molecule has 0 bridgehead atoms. The molecular formula is C33H38ClFN4O7S. The monoisotopic (exact) mass is 688 g/mol. The summed E-state index contributed by atoms with van der Waals surface area (Å²) in [6.45, 7) is 4.99. The van der Waals surface area contributed by atoms with Crippen molar-refractivity contribution in [2.24, 2.45) is 0 Å². The lowest BCUT2D eigenvalue weighted by Crippen LogP contribution is -2.36. The average molecular weight is 689 g/mol. The third-order valence-corrected chi connectivity index (χ3v) is 9.39. The highest BCUT2D eigenvalue weighted by atomic mass is 35.5. The Hall–Kier alpha value is -4.33. The normalized spacial score (nSPS) is 14.1. The summed E-state index contributed by atoms with van der Waals surface area (Å²) in [4.78, 5) is 27.0. The number of carbonyl (C=O) groups is 2. The van der Waals surface area contributed by atoms with Crippen LogP contribution >= 0.6 is 11.6 Å². The predicted molar refractivity (Wildman–Crippen MR) is 181 cm³/mol. The minimum Gasteiger partial charge on any atom is -0.489 e. The van der Waals surface area contributed by atoms with Crippen molar-refractivity contribution >= 4 is 56.8 Å². The molecule has 1 aliphatic rings. The molecule has 3 aromatic rings. The first-order valence-corrected chi connectivity index (χ1v) is 17.0. The number of piperidine rings is 1. The van der Waals surface area contributed by atoms with Gasteiger partial charge in [-0.15, -0.1) is 0 Å². The minimum absolute atomic E-state index is 0.00608. The van der Waals surface area contributed by atoms with Gasteiger partial charge in [-0.2, -0.15) is 0 Å². The number of nitrogen functional groups attached to an aromatic ring is 1. The van der Waals surface area contributed by atoms with E-state index in [9.17, 15) is 22.4 Å². The second-order valence-corrected chi connectivity index (χ2v) is 13.2. The van der Waals surface area contributed by atoms with Crippen LogP contribution in [0.2, 0.25) is 5.02 Å². The van der Waals surface area contributed by atoms with Crippen molar-refractivity contribution in [2.75, 3.05) is 54.4 Å². The van der Waals surface area contributed by atoms with Crippen LogP contribution in [0.25, 0.3) is 6.08 Å². The number of likely N-dealkylation sites (tertiary alicyclic amines) is 1. The molecule has 0 saturated carbocycles. The summed E-state index contributed by atoms with van der Waals surface area (Å²) in [6.07, 6.45) is 4.11. The van der Waals surface area contributed by atoms with E-state index in [0.717, 1.165) is 42.4 Å². The first-order chi connectivity index (χ1) is 22.4. The van der Waals surface area contributed by atoms with Gasteiger partial charge >= 0.3 is 12.1 Å². The molecule has 14 heteroatoms. The molecule has 11 nitrogen and oxygen atoms in total. The summed E-state index contributed by atoms with van der Waals surface area (Å²) in [6, 6.07) is 12.9. The molecule has 0 spiro atoms. The highest BCUT2D eigenvalue weighted by molar-refractivity contribution is 7.93. The zero-order valence-electron chi connectivity index (χ0n) is 26.4. The van der Waals surface area contributed by atoms with Gasteiger partial charge in [0.1, 0.15) is 23.4 Å². The topological polar surface area (TPSA) is 140 Å². The largest absolute Gasteiger partial charge is 0.489 e. The third kappa shape index (κ3) is 9.83. The van der Waals surface area contributed by atoms with E-state index in [1.807, 2.05) is 0 Å². The second-order valence-electron chi connectivity index (χ2n) is 10.9. The number of amides is 1. The van der Waals surface area contributed by atoms with Gasteiger partial charge in [0.2, 0.25) is 10.0 Å². The number of sulfonamides is 1. The molecule has 1 saturated heterocycles. The van der Waals surface area contributed by atoms with Crippen LogP contribution in [0.3, 0.4) is 0 Å². The van der Waals surface area contributed by atoms with Crippen LogP contribution in [0.15, 0.2) is 60.7 Å². The number of carbonyl (C=O) groups excluding carboxylic acids is 2. The summed E-state index contributed by atoms with van der Waals surface area (Å²) in [7, 11) is -2.15. The molecule has 0 atom stereocenters. The quantitative estimate of drug-likeness (QED) is 0.177. The number of hydrogen-bond acceptors (Lipinski definition) is 9. The maximum atomic E-state index is 13.5. The molecule has 0 aromatic heterocycles. The molecular weight excluding hydrogens is 651 g/mol. The van der Waals surface area contributed by atoms with Crippen molar-refractivity contribution < 1.29 is 36.6 Å². The summed E-state index contributed by atoms with van der Waals surface area (Å²) >= 11 is 6.57. The molecule has 252 valence electrons. The van der Waals surface area contributed by atoms with Crippen molar-refractivity contribution in [1.82, 2.24) is 4.90 Å². The zero-order valence-corrected chi connectivity index (χ0v) is 27.9. The lowest BCUT2D eigenvalue weighted by Gasteiger charge is -2.30. The van der Waals surface area contributed by atoms with Crippen LogP contribution in [0.1, 0.15) is 30.9 Å². The number of hydrogen-bond donors (Lipinski definition) is 2. The van der Waals surface area contributed by atoms with Crippen molar-refractivity contribution in [3.05, 3.63) is 82.6 Å². The van der Waals surface area contributed by atoms with Crippen LogP contribution in [0, 0.1) is 12.7 Å².